The smallest absolute Gasteiger partial charge is 0.126 e. The minimum absolute atomic E-state index is 0.284. The summed E-state index contributed by atoms with van der Waals surface area (Å²) in [6.07, 6.45) is 2.91. The highest BCUT2D eigenvalue weighted by molar-refractivity contribution is 5.38. The number of fused-ring (bicyclic) bond motifs is 1. The number of benzene rings is 1. The summed E-state index contributed by atoms with van der Waals surface area (Å²) in [7, 11) is 0. The van der Waals surface area contributed by atoms with E-state index in [2.05, 4.69) is 11.8 Å². The lowest BCUT2D eigenvalue weighted by molar-refractivity contribution is -0.0240. The van der Waals surface area contributed by atoms with Gasteiger partial charge in [0.2, 0.25) is 0 Å². The predicted octanol–water partition coefficient (Wildman–Crippen LogP) is 2.89. The predicted molar refractivity (Wildman–Crippen MR) is 75.3 cm³/mol. The van der Waals surface area contributed by atoms with Crippen molar-refractivity contribution in [3.8, 4) is 5.75 Å². The fourth-order valence-electron chi connectivity index (χ4n) is 3.46. The fourth-order valence-corrected chi connectivity index (χ4v) is 3.46. The highest BCUT2D eigenvalue weighted by atomic mass is 19.1. The van der Waals surface area contributed by atoms with Gasteiger partial charge >= 0.3 is 0 Å². The summed E-state index contributed by atoms with van der Waals surface area (Å²) in [5.74, 6) is 0.329. The molecule has 2 atom stereocenters. The molecule has 1 aromatic rings. The monoisotopic (exact) mass is 279 g/mol. The number of halogens is 1. The number of hydrogen-bond donors (Lipinski definition) is 1. The first-order chi connectivity index (χ1) is 9.62. The maximum atomic E-state index is 13.3. The third kappa shape index (κ3) is 2.54. The third-order valence-electron chi connectivity index (χ3n) is 4.66. The molecule has 0 aromatic heterocycles. The van der Waals surface area contributed by atoms with Gasteiger partial charge < -0.3 is 14.7 Å². The van der Waals surface area contributed by atoms with E-state index in [1.54, 1.807) is 6.07 Å². The number of hydrogen-bond acceptors (Lipinski definition) is 3. The van der Waals surface area contributed by atoms with Gasteiger partial charge in [0.1, 0.15) is 17.2 Å². The molecule has 0 radical (unpaired) electrons. The number of likely N-dealkylation sites (tertiary alicyclic amines) is 1. The lowest BCUT2D eigenvalue weighted by atomic mass is 9.83. The van der Waals surface area contributed by atoms with Crippen LogP contribution in [0.2, 0.25) is 0 Å². The van der Waals surface area contributed by atoms with Crippen LogP contribution in [0.5, 0.6) is 5.75 Å². The van der Waals surface area contributed by atoms with Crippen LogP contribution in [-0.4, -0.2) is 35.2 Å². The van der Waals surface area contributed by atoms with E-state index in [1.165, 1.54) is 12.1 Å². The molecular weight excluding hydrogens is 257 g/mol. The highest BCUT2D eigenvalue weighted by Gasteiger charge is 2.41. The maximum Gasteiger partial charge on any atom is 0.126 e. The molecule has 110 valence electrons. The molecule has 20 heavy (non-hydrogen) atoms. The summed E-state index contributed by atoms with van der Waals surface area (Å²) in [6, 6.07) is 4.44. The van der Waals surface area contributed by atoms with E-state index in [4.69, 9.17) is 4.74 Å². The van der Waals surface area contributed by atoms with Gasteiger partial charge in [-0.15, -0.1) is 0 Å². The van der Waals surface area contributed by atoms with Gasteiger partial charge in [-0.1, -0.05) is 6.92 Å². The third-order valence-corrected chi connectivity index (χ3v) is 4.66. The molecule has 3 nitrogen and oxygen atoms in total. The molecule has 1 aromatic carbocycles. The minimum atomic E-state index is -0.623. The van der Waals surface area contributed by atoms with Crippen LogP contribution in [0, 0.1) is 5.82 Å². The number of nitrogens with zero attached hydrogens (tertiary/aromatic N) is 1. The molecule has 2 heterocycles. The number of aliphatic hydroxyl groups is 1. The molecule has 1 saturated heterocycles. The van der Waals surface area contributed by atoms with Crippen LogP contribution in [0.4, 0.5) is 4.39 Å². The van der Waals surface area contributed by atoms with Gasteiger partial charge in [0.15, 0.2) is 0 Å². The van der Waals surface area contributed by atoms with Gasteiger partial charge in [-0.2, -0.15) is 0 Å². The van der Waals surface area contributed by atoms with E-state index < -0.39 is 6.10 Å². The maximum absolute atomic E-state index is 13.3. The van der Waals surface area contributed by atoms with Crippen molar-refractivity contribution < 1.29 is 14.2 Å². The summed E-state index contributed by atoms with van der Waals surface area (Å²) in [5, 5.41) is 10.4. The van der Waals surface area contributed by atoms with E-state index in [1.807, 2.05) is 0 Å². The van der Waals surface area contributed by atoms with Crippen LogP contribution in [0.1, 0.15) is 44.3 Å². The average Bonchev–Trinajstić information content (AvgIpc) is 2.62. The molecule has 1 spiro atoms. The van der Waals surface area contributed by atoms with Crippen LogP contribution in [0.25, 0.3) is 0 Å². The number of ether oxygens (including phenoxy) is 1. The largest absolute Gasteiger partial charge is 0.487 e. The van der Waals surface area contributed by atoms with Crippen molar-refractivity contribution in [2.24, 2.45) is 0 Å². The standard InChI is InChI=1S/C16H22FNO2/c1-2-18-8-3-6-16(7-9-18)11-14(19)13-10-12(17)4-5-15(13)20-16/h4-5,10,14,19H,2-3,6-9,11H2,1H3/t14-,16?/m1/s1. The van der Waals surface area contributed by atoms with E-state index in [0.29, 0.717) is 17.7 Å². The van der Waals surface area contributed by atoms with Gasteiger partial charge in [-0.3, -0.25) is 0 Å². The van der Waals surface area contributed by atoms with Crippen LogP contribution in [0.15, 0.2) is 18.2 Å². The Hall–Kier alpha value is -1.13. The molecule has 0 saturated carbocycles. The van der Waals surface area contributed by atoms with E-state index >= 15 is 0 Å². The lowest BCUT2D eigenvalue weighted by Crippen LogP contribution is -2.42. The summed E-state index contributed by atoms with van der Waals surface area (Å²) < 4.78 is 19.5. The van der Waals surface area contributed by atoms with Gasteiger partial charge in [-0.05, 0) is 50.6 Å². The summed E-state index contributed by atoms with van der Waals surface area (Å²) in [5.41, 5.74) is 0.306. The first-order valence-electron chi connectivity index (χ1n) is 7.51. The van der Waals surface area contributed by atoms with Crippen molar-refractivity contribution in [2.45, 2.75) is 44.3 Å². The molecule has 1 unspecified atom stereocenters. The molecule has 0 amide bonds. The molecule has 3 rings (SSSR count). The molecular formula is C16H22FNO2. The zero-order valence-electron chi connectivity index (χ0n) is 11.9. The summed E-state index contributed by atoms with van der Waals surface area (Å²) in [4.78, 5) is 2.42. The minimum Gasteiger partial charge on any atom is -0.487 e. The van der Waals surface area contributed by atoms with Gasteiger partial charge in [0.05, 0.1) is 6.10 Å². The summed E-state index contributed by atoms with van der Waals surface area (Å²) in [6.45, 7) is 5.32. The van der Waals surface area contributed by atoms with Crippen molar-refractivity contribution >= 4 is 0 Å². The van der Waals surface area contributed by atoms with Crippen LogP contribution < -0.4 is 4.74 Å². The molecule has 0 bridgehead atoms. The Balaban J connectivity index is 1.85. The number of rotatable bonds is 1. The molecule has 1 N–H and O–H groups in total. The Morgan fingerprint density at radius 3 is 3.05 bits per heavy atom. The van der Waals surface area contributed by atoms with Crippen LogP contribution >= 0.6 is 0 Å². The first-order valence-corrected chi connectivity index (χ1v) is 7.51. The fraction of sp³-hybridized carbons (Fsp3) is 0.625. The van der Waals surface area contributed by atoms with Crippen molar-refractivity contribution in [1.82, 2.24) is 4.90 Å². The van der Waals surface area contributed by atoms with Crippen LogP contribution in [-0.2, 0) is 0 Å². The van der Waals surface area contributed by atoms with Gasteiger partial charge in [0, 0.05) is 18.5 Å². The Morgan fingerprint density at radius 1 is 1.40 bits per heavy atom. The molecule has 0 aliphatic carbocycles. The Morgan fingerprint density at radius 2 is 2.25 bits per heavy atom. The van der Waals surface area contributed by atoms with Crippen molar-refractivity contribution in [3.05, 3.63) is 29.6 Å². The Bertz CT molecular complexity index is 493. The first kappa shape index (κ1) is 13.8. The molecule has 1 fully saturated rings. The van der Waals surface area contributed by atoms with Gasteiger partial charge in [0.25, 0.3) is 0 Å². The zero-order chi connectivity index (χ0) is 14.2. The van der Waals surface area contributed by atoms with E-state index in [0.717, 1.165) is 38.9 Å². The second-order valence-electron chi connectivity index (χ2n) is 5.97. The molecule has 4 heteroatoms. The molecule has 2 aliphatic heterocycles. The zero-order valence-corrected chi connectivity index (χ0v) is 11.9. The summed E-state index contributed by atoms with van der Waals surface area (Å²) >= 11 is 0. The average molecular weight is 279 g/mol. The van der Waals surface area contributed by atoms with E-state index in [9.17, 15) is 9.50 Å². The topological polar surface area (TPSA) is 32.7 Å². The normalized spacial score (nSPS) is 30.6. The lowest BCUT2D eigenvalue weighted by Gasteiger charge is -2.40. The van der Waals surface area contributed by atoms with Crippen LogP contribution in [0.3, 0.4) is 0 Å². The quantitative estimate of drug-likeness (QED) is 0.858. The second kappa shape index (κ2) is 5.34. The molecule has 2 aliphatic rings. The van der Waals surface area contributed by atoms with Crippen molar-refractivity contribution in [2.75, 3.05) is 19.6 Å². The van der Waals surface area contributed by atoms with Crippen molar-refractivity contribution in [1.29, 1.82) is 0 Å². The second-order valence-corrected chi connectivity index (χ2v) is 5.97. The SMILES string of the molecule is CCN1CCCC2(CC1)C[C@@H](O)c1cc(F)ccc1O2. The Kier molecular flexibility index (Phi) is 3.69. The van der Waals surface area contributed by atoms with E-state index in [-0.39, 0.29) is 11.4 Å². The van der Waals surface area contributed by atoms with Gasteiger partial charge in [-0.25, -0.2) is 4.39 Å². The number of aliphatic hydroxyl groups excluding tert-OH is 1. The highest BCUT2D eigenvalue weighted by Crippen LogP contribution is 2.44. The van der Waals surface area contributed by atoms with Crippen molar-refractivity contribution in [3.63, 3.8) is 0 Å². The Labute approximate surface area is 119 Å².